The maximum absolute atomic E-state index is 5.69. The van der Waals surface area contributed by atoms with Crippen molar-refractivity contribution in [2.24, 2.45) is 5.92 Å². The van der Waals surface area contributed by atoms with Crippen molar-refractivity contribution in [2.75, 3.05) is 18.8 Å². The highest BCUT2D eigenvalue weighted by Gasteiger charge is 2.14. The summed E-state index contributed by atoms with van der Waals surface area (Å²) in [6.07, 6.45) is 4.55. The molecule has 0 aromatic carbocycles. The van der Waals surface area contributed by atoms with E-state index in [1.54, 1.807) is 24.2 Å². The fourth-order valence-corrected chi connectivity index (χ4v) is 2.45. The lowest BCUT2D eigenvalue weighted by Gasteiger charge is -2.05. The quantitative estimate of drug-likeness (QED) is 0.672. The molecule has 1 unspecified atom stereocenters. The molecule has 1 fully saturated rings. The van der Waals surface area contributed by atoms with Gasteiger partial charge in [-0.1, -0.05) is 23.4 Å². The minimum absolute atomic E-state index is 0. The number of nitrogens with one attached hydrogen (secondary N) is 1. The van der Waals surface area contributed by atoms with Crippen LogP contribution in [0.5, 0.6) is 0 Å². The standard InChI is InChI=1S/C9H12ClN3S.ClH/c10-8-4-12-9(13-5-8)14-6-7-1-2-11-3-7;/h4-5,7,11H,1-3,6H2;1H. The Kier molecular flexibility index (Phi) is 5.68. The average Bonchev–Trinajstić information content (AvgIpc) is 2.70. The Hall–Kier alpha value is -0.0300. The van der Waals surface area contributed by atoms with Gasteiger partial charge in [-0.3, -0.25) is 0 Å². The third-order valence-electron chi connectivity index (χ3n) is 2.21. The van der Waals surface area contributed by atoms with Gasteiger partial charge in [0.25, 0.3) is 0 Å². The zero-order valence-corrected chi connectivity index (χ0v) is 10.5. The van der Waals surface area contributed by atoms with Crippen LogP contribution in [0.1, 0.15) is 6.42 Å². The van der Waals surface area contributed by atoms with Crippen LogP contribution in [0, 0.1) is 5.92 Å². The van der Waals surface area contributed by atoms with Crippen LogP contribution in [0.15, 0.2) is 17.6 Å². The smallest absolute Gasteiger partial charge is 0.187 e. The van der Waals surface area contributed by atoms with Crippen molar-refractivity contribution >= 4 is 35.8 Å². The first-order chi connectivity index (χ1) is 6.84. The summed E-state index contributed by atoms with van der Waals surface area (Å²) in [4.78, 5) is 8.28. The molecule has 1 atom stereocenters. The molecule has 1 aromatic rings. The molecule has 2 heterocycles. The SMILES string of the molecule is Cl.Clc1cnc(SCC2CCNC2)nc1. The van der Waals surface area contributed by atoms with Crippen LogP contribution < -0.4 is 5.32 Å². The second kappa shape index (κ2) is 6.53. The lowest BCUT2D eigenvalue weighted by atomic mass is 10.2. The monoisotopic (exact) mass is 265 g/mol. The van der Waals surface area contributed by atoms with Gasteiger partial charge >= 0.3 is 0 Å². The zero-order valence-electron chi connectivity index (χ0n) is 8.15. The van der Waals surface area contributed by atoms with E-state index in [0.29, 0.717) is 5.02 Å². The molecule has 0 amide bonds. The summed E-state index contributed by atoms with van der Waals surface area (Å²) in [5.41, 5.74) is 0. The van der Waals surface area contributed by atoms with E-state index in [4.69, 9.17) is 11.6 Å². The van der Waals surface area contributed by atoms with Crippen LogP contribution in [0.3, 0.4) is 0 Å². The molecule has 0 radical (unpaired) electrons. The number of hydrogen-bond donors (Lipinski definition) is 1. The predicted molar refractivity (Wildman–Crippen MR) is 66.0 cm³/mol. The molecule has 3 nitrogen and oxygen atoms in total. The van der Waals surface area contributed by atoms with Gasteiger partial charge in [0.1, 0.15) is 0 Å². The van der Waals surface area contributed by atoms with E-state index in [1.165, 1.54) is 6.42 Å². The Labute approximate surface area is 105 Å². The molecule has 0 saturated carbocycles. The van der Waals surface area contributed by atoms with Gasteiger partial charge in [0.2, 0.25) is 0 Å². The van der Waals surface area contributed by atoms with Crippen LogP contribution in [0.4, 0.5) is 0 Å². The summed E-state index contributed by atoms with van der Waals surface area (Å²) in [6, 6.07) is 0. The molecular weight excluding hydrogens is 253 g/mol. The zero-order chi connectivity index (χ0) is 9.80. The number of halogens is 2. The lowest BCUT2D eigenvalue weighted by Crippen LogP contribution is -2.10. The Balaban J connectivity index is 0.00000112. The molecule has 0 aliphatic carbocycles. The highest BCUT2D eigenvalue weighted by molar-refractivity contribution is 7.99. The number of aromatic nitrogens is 2. The summed E-state index contributed by atoms with van der Waals surface area (Å²) >= 11 is 7.40. The molecule has 1 aliphatic rings. The number of nitrogens with zero attached hydrogens (tertiary/aromatic N) is 2. The fraction of sp³-hybridized carbons (Fsp3) is 0.556. The van der Waals surface area contributed by atoms with Crippen LogP contribution in [-0.2, 0) is 0 Å². The van der Waals surface area contributed by atoms with E-state index < -0.39 is 0 Å². The molecule has 1 aromatic heterocycles. The lowest BCUT2D eigenvalue weighted by molar-refractivity contribution is 0.661. The van der Waals surface area contributed by atoms with E-state index in [9.17, 15) is 0 Å². The highest BCUT2D eigenvalue weighted by Crippen LogP contribution is 2.20. The van der Waals surface area contributed by atoms with Crippen molar-refractivity contribution in [1.82, 2.24) is 15.3 Å². The largest absolute Gasteiger partial charge is 0.316 e. The summed E-state index contributed by atoms with van der Waals surface area (Å²) < 4.78 is 0. The average molecular weight is 266 g/mol. The predicted octanol–water partition coefficient (Wildman–Crippen LogP) is 2.25. The Morgan fingerprint density at radius 1 is 1.47 bits per heavy atom. The molecule has 0 spiro atoms. The van der Waals surface area contributed by atoms with Crippen LogP contribution in [0.25, 0.3) is 0 Å². The Morgan fingerprint density at radius 3 is 2.80 bits per heavy atom. The van der Waals surface area contributed by atoms with Crippen molar-refractivity contribution in [3.8, 4) is 0 Å². The minimum atomic E-state index is 0. The van der Waals surface area contributed by atoms with Gasteiger partial charge in [-0.25, -0.2) is 9.97 Å². The van der Waals surface area contributed by atoms with E-state index in [1.807, 2.05) is 0 Å². The third kappa shape index (κ3) is 4.15. The van der Waals surface area contributed by atoms with Crippen molar-refractivity contribution in [3.05, 3.63) is 17.4 Å². The number of rotatable bonds is 3. The molecule has 6 heteroatoms. The second-order valence-corrected chi connectivity index (χ2v) is 4.78. The van der Waals surface area contributed by atoms with Crippen molar-refractivity contribution in [2.45, 2.75) is 11.6 Å². The van der Waals surface area contributed by atoms with Crippen molar-refractivity contribution in [3.63, 3.8) is 0 Å². The second-order valence-electron chi connectivity index (χ2n) is 3.35. The van der Waals surface area contributed by atoms with Gasteiger partial charge in [-0.2, -0.15) is 0 Å². The molecule has 1 N–H and O–H groups in total. The molecule has 1 aliphatic heterocycles. The molecular formula is C9H13Cl2N3S. The van der Waals surface area contributed by atoms with Gasteiger partial charge in [0.15, 0.2) is 5.16 Å². The Bertz CT molecular complexity index is 288. The van der Waals surface area contributed by atoms with Gasteiger partial charge in [-0.05, 0) is 25.4 Å². The molecule has 84 valence electrons. The Morgan fingerprint density at radius 2 is 2.20 bits per heavy atom. The normalized spacial score (nSPS) is 19.9. The van der Waals surface area contributed by atoms with Crippen LogP contribution in [-0.4, -0.2) is 28.8 Å². The van der Waals surface area contributed by atoms with Crippen LogP contribution >= 0.6 is 35.8 Å². The molecule has 1 saturated heterocycles. The van der Waals surface area contributed by atoms with Gasteiger partial charge in [0.05, 0.1) is 17.4 Å². The van der Waals surface area contributed by atoms with Crippen molar-refractivity contribution < 1.29 is 0 Å². The molecule has 0 bridgehead atoms. The summed E-state index contributed by atoms with van der Waals surface area (Å²) in [7, 11) is 0. The number of hydrogen-bond acceptors (Lipinski definition) is 4. The number of thioether (sulfide) groups is 1. The van der Waals surface area contributed by atoms with E-state index >= 15 is 0 Å². The minimum Gasteiger partial charge on any atom is -0.316 e. The maximum Gasteiger partial charge on any atom is 0.187 e. The van der Waals surface area contributed by atoms with E-state index in [-0.39, 0.29) is 12.4 Å². The molecule has 15 heavy (non-hydrogen) atoms. The van der Waals surface area contributed by atoms with Crippen molar-refractivity contribution in [1.29, 1.82) is 0 Å². The van der Waals surface area contributed by atoms with Gasteiger partial charge in [-0.15, -0.1) is 12.4 Å². The first-order valence-electron chi connectivity index (χ1n) is 4.65. The summed E-state index contributed by atoms with van der Waals surface area (Å²) in [6.45, 7) is 2.27. The maximum atomic E-state index is 5.69. The highest BCUT2D eigenvalue weighted by atomic mass is 35.5. The van der Waals surface area contributed by atoms with E-state index in [0.717, 1.165) is 29.9 Å². The first-order valence-corrected chi connectivity index (χ1v) is 6.02. The van der Waals surface area contributed by atoms with E-state index in [2.05, 4.69) is 15.3 Å². The van der Waals surface area contributed by atoms with Gasteiger partial charge in [0, 0.05) is 5.75 Å². The van der Waals surface area contributed by atoms with Gasteiger partial charge < -0.3 is 5.32 Å². The fourth-order valence-electron chi connectivity index (χ4n) is 1.42. The summed E-state index contributed by atoms with van der Waals surface area (Å²) in [5, 5.41) is 4.76. The summed E-state index contributed by atoms with van der Waals surface area (Å²) in [5.74, 6) is 1.86. The first kappa shape index (κ1) is 13.0. The topological polar surface area (TPSA) is 37.8 Å². The third-order valence-corrected chi connectivity index (χ3v) is 3.51. The molecule has 2 rings (SSSR count). The van der Waals surface area contributed by atoms with Crippen LogP contribution in [0.2, 0.25) is 5.02 Å².